The number of rotatable bonds is 1. The van der Waals surface area contributed by atoms with Crippen molar-refractivity contribution in [3.63, 3.8) is 0 Å². The van der Waals surface area contributed by atoms with Crippen LogP contribution in [-0.2, 0) is 14.1 Å². The third kappa shape index (κ3) is 2.50. The molecule has 1 aliphatic carbocycles. The Hall–Kier alpha value is -0.345. The van der Waals surface area contributed by atoms with E-state index in [1.54, 1.807) is 0 Å². The Labute approximate surface area is 111 Å². The number of hydrogen-bond acceptors (Lipinski definition) is 3. The van der Waals surface area contributed by atoms with Crippen LogP contribution in [0.3, 0.4) is 0 Å². The van der Waals surface area contributed by atoms with Crippen LogP contribution in [0.1, 0.15) is 60.8 Å². The molecule has 1 atom stereocenters. The van der Waals surface area contributed by atoms with E-state index in [1.165, 1.54) is 0 Å². The van der Waals surface area contributed by atoms with Crippen molar-refractivity contribution in [3.05, 3.63) is 0 Å². The van der Waals surface area contributed by atoms with Gasteiger partial charge in [0.2, 0.25) is 0 Å². The van der Waals surface area contributed by atoms with Crippen molar-refractivity contribution in [1.82, 2.24) is 0 Å². The summed E-state index contributed by atoms with van der Waals surface area (Å²) in [5.41, 5.74) is -0.534. The van der Waals surface area contributed by atoms with Crippen LogP contribution < -0.4 is 0 Å². The smallest absolute Gasteiger partial charge is 0.403 e. The molecule has 1 aliphatic heterocycles. The molecule has 2 rings (SSSR count). The van der Waals surface area contributed by atoms with Crippen molar-refractivity contribution in [2.45, 2.75) is 77.8 Å². The van der Waals surface area contributed by atoms with Crippen molar-refractivity contribution < 1.29 is 14.1 Å². The Kier molecular flexibility index (Phi) is 3.18. The van der Waals surface area contributed by atoms with Gasteiger partial charge in [0.25, 0.3) is 0 Å². The summed E-state index contributed by atoms with van der Waals surface area (Å²) in [6.07, 6.45) is 2.28. The van der Waals surface area contributed by atoms with Gasteiger partial charge in [0.1, 0.15) is 5.78 Å². The Bertz CT molecular complexity index is 344. The van der Waals surface area contributed by atoms with E-state index in [1.807, 2.05) is 0 Å². The monoisotopic (exact) mass is 252 g/mol. The molecule has 0 bridgehead atoms. The fourth-order valence-electron chi connectivity index (χ4n) is 3.03. The summed E-state index contributed by atoms with van der Waals surface area (Å²) in [4.78, 5) is 11.9. The van der Waals surface area contributed by atoms with E-state index in [0.717, 1.165) is 6.42 Å². The van der Waals surface area contributed by atoms with Crippen molar-refractivity contribution in [2.24, 2.45) is 5.41 Å². The standard InChI is InChI=1S/C14H25BO3/c1-12(2)8-10(7-11(16)9-12)15-17-13(3,4)14(5,6)18-15/h10H,7-9H2,1-6H3/t10-/m0/s1. The molecule has 0 unspecified atom stereocenters. The van der Waals surface area contributed by atoms with Crippen LogP contribution in [0, 0.1) is 5.41 Å². The topological polar surface area (TPSA) is 35.5 Å². The number of carbonyl (C=O) groups is 1. The Balaban J connectivity index is 2.12. The van der Waals surface area contributed by atoms with Gasteiger partial charge in [0.15, 0.2) is 0 Å². The van der Waals surface area contributed by atoms with Crippen LogP contribution in [0.25, 0.3) is 0 Å². The zero-order valence-corrected chi connectivity index (χ0v) is 12.5. The van der Waals surface area contributed by atoms with E-state index >= 15 is 0 Å². The summed E-state index contributed by atoms with van der Waals surface area (Å²) in [5.74, 6) is 0.535. The predicted molar refractivity (Wildman–Crippen MR) is 72.5 cm³/mol. The average Bonchev–Trinajstić information content (AvgIpc) is 2.32. The van der Waals surface area contributed by atoms with Gasteiger partial charge in [-0.05, 0) is 39.5 Å². The second kappa shape index (κ2) is 4.07. The largest absolute Gasteiger partial charge is 0.461 e. The second-order valence-electron chi connectivity index (χ2n) is 7.67. The lowest BCUT2D eigenvalue weighted by Gasteiger charge is -2.35. The van der Waals surface area contributed by atoms with Crippen LogP contribution in [0.4, 0.5) is 0 Å². The Morgan fingerprint density at radius 3 is 2.00 bits per heavy atom. The molecule has 2 aliphatic rings. The minimum Gasteiger partial charge on any atom is -0.403 e. The minimum atomic E-state index is -0.303. The highest BCUT2D eigenvalue weighted by Gasteiger charge is 2.55. The fourth-order valence-corrected chi connectivity index (χ4v) is 3.03. The molecule has 18 heavy (non-hydrogen) atoms. The van der Waals surface area contributed by atoms with Gasteiger partial charge < -0.3 is 9.31 Å². The van der Waals surface area contributed by atoms with Gasteiger partial charge in [-0.25, -0.2) is 0 Å². The minimum absolute atomic E-state index is 0.0730. The summed E-state index contributed by atoms with van der Waals surface area (Å²) >= 11 is 0. The van der Waals surface area contributed by atoms with Crippen LogP contribution in [0.2, 0.25) is 5.82 Å². The maximum Gasteiger partial charge on any atom is 0.461 e. The molecule has 0 N–H and O–H groups in total. The molecular weight excluding hydrogens is 227 g/mol. The first kappa shape index (κ1) is 14.1. The van der Waals surface area contributed by atoms with Gasteiger partial charge in [-0.2, -0.15) is 0 Å². The summed E-state index contributed by atoms with van der Waals surface area (Å²) in [5, 5.41) is 0. The van der Waals surface area contributed by atoms with E-state index in [0.29, 0.717) is 18.6 Å². The third-order valence-corrected chi connectivity index (χ3v) is 4.64. The van der Waals surface area contributed by atoms with Gasteiger partial charge in [-0.1, -0.05) is 13.8 Å². The summed E-state index contributed by atoms with van der Waals surface area (Å²) in [6, 6.07) is 0. The zero-order valence-electron chi connectivity index (χ0n) is 12.5. The van der Waals surface area contributed by atoms with Crippen molar-refractivity contribution in [2.75, 3.05) is 0 Å². The molecule has 0 radical (unpaired) electrons. The van der Waals surface area contributed by atoms with Crippen LogP contribution in [-0.4, -0.2) is 24.1 Å². The first-order valence-electron chi connectivity index (χ1n) is 6.90. The summed E-state index contributed by atoms with van der Waals surface area (Å²) in [6.45, 7) is 12.5. The Morgan fingerprint density at radius 1 is 1.06 bits per heavy atom. The average molecular weight is 252 g/mol. The maximum absolute atomic E-state index is 11.9. The van der Waals surface area contributed by atoms with E-state index in [2.05, 4.69) is 41.5 Å². The molecule has 1 saturated heterocycles. The first-order chi connectivity index (χ1) is 8.02. The van der Waals surface area contributed by atoms with Crippen LogP contribution in [0.15, 0.2) is 0 Å². The SMILES string of the molecule is CC1(C)CC(=O)C[C@H](B2OC(C)(C)C(C)(C)O2)C1. The van der Waals surface area contributed by atoms with Gasteiger partial charge in [0.05, 0.1) is 11.2 Å². The van der Waals surface area contributed by atoms with E-state index < -0.39 is 0 Å². The van der Waals surface area contributed by atoms with E-state index in [9.17, 15) is 4.79 Å². The lowest BCUT2D eigenvalue weighted by atomic mass is 9.58. The van der Waals surface area contributed by atoms with Crippen molar-refractivity contribution >= 4 is 12.9 Å². The Morgan fingerprint density at radius 2 is 1.56 bits per heavy atom. The molecule has 0 spiro atoms. The molecule has 0 aromatic heterocycles. The van der Waals surface area contributed by atoms with Crippen LogP contribution in [0.5, 0.6) is 0 Å². The van der Waals surface area contributed by atoms with E-state index in [4.69, 9.17) is 9.31 Å². The number of carbonyl (C=O) groups excluding carboxylic acids is 1. The molecule has 4 heteroatoms. The molecule has 1 saturated carbocycles. The first-order valence-corrected chi connectivity index (χ1v) is 6.90. The van der Waals surface area contributed by atoms with Crippen molar-refractivity contribution in [3.8, 4) is 0 Å². The molecule has 1 heterocycles. The maximum atomic E-state index is 11.9. The lowest BCUT2D eigenvalue weighted by molar-refractivity contribution is -0.123. The normalized spacial score (nSPS) is 33.8. The molecule has 0 amide bonds. The molecule has 0 aromatic rings. The second-order valence-corrected chi connectivity index (χ2v) is 7.67. The molecular formula is C14H25BO3. The molecule has 3 nitrogen and oxygen atoms in total. The summed E-state index contributed by atoms with van der Waals surface area (Å²) in [7, 11) is -0.237. The number of ketones is 1. The predicted octanol–water partition coefficient (Wildman–Crippen LogP) is 3.23. The van der Waals surface area contributed by atoms with Gasteiger partial charge in [0, 0.05) is 18.7 Å². The highest BCUT2D eigenvalue weighted by atomic mass is 16.7. The summed E-state index contributed by atoms with van der Waals surface area (Å²) < 4.78 is 12.1. The number of hydrogen-bond donors (Lipinski definition) is 0. The highest BCUT2D eigenvalue weighted by molar-refractivity contribution is 6.48. The lowest BCUT2D eigenvalue weighted by Crippen LogP contribution is -2.41. The van der Waals surface area contributed by atoms with Gasteiger partial charge >= 0.3 is 7.12 Å². The van der Waals surface area contributed by atoms with Crippen LogP contribution >= 0.6 is 0 Å². The van der Waals surface area contributed by atoms with E-state index in [-0.39, 0.29) is 29.6 Å². The van der Waals surface area contributed by atoms with Gasteiger partial charge in [-0.15, -0.1) is 0 Å². The highest BCUT2D eigenvalue weighted by Crippen LogP contribution is 2.47. The molecule has 2 fully saturated rings. The van der Waals surface area contributed by atoms with Crippen molar-refractivity contribution in [1.29, 1.82) is 0 Å². The van der Waals surface area contributed by atoms with Gasteiger partial charge in [-0.3, -0.25) is 4.79 Å². The quantitative estimate of drug-likeness (QED) is 0.672. The zero-order chi connectivity index (χ0) is 13.8. The molecule has 0 aromatic carbocycles. The third-order valence-electron chi connectivity index (χ3n) is 4.64. The fraction of sp³-hybridized carbons (Fsp3) is 0.929. The number of Topliss-reactive ketones (excluding diaryl/α,β-unsaturated/α-hetero) is 1. The molecule has 102 valence electrons.